The number of amides is 2. The van der Waals surface area contributed by atoms with Gasteiger partial charge in [0, 0.05) is 37.8 Å². The molecule has 0 bridgehead atoms. The van der Waals surface area contributed by atoms with Gasteiger partial charge in [0.1, 0.15) is 0 Å². The Morgan fingerprint density at radius 1 is 0.920 bits per heavy atom. The summed E-state index contributed by atoms with van der Waals surface area (Å²) in [4.78, 5) is 27.9. The van der Waals surface area contributed by atoms with Gasteiger partial charge in [0.25, 0.3) is 5.91 Å². The average Bonchev–Trinajstić information content (AvgIpc) is 2.59. The van der Waals surface area contributed by atoms with Crippen LogP contribution in [0.15, 0.2) is 54.6 Å². The molecule has 0 unspecified atom stereocenters. The van der Waals surface area contributed by atoms with Gasteiger partial charge in [-0.1, -0.05) is 30.3 Å². The monoisotopic (exact) mass is 339 g/mol. The number of hydrogen-bond donors (Lipinski definition) is 1. The van der Waals surface area contributed by atoms with Crippen LogP contribution < -0.4 is 5.32 Å². The molecule has 0 aliphatic carbocycles. The summed E-state index contributed by atoms with van der Waals surface area (Å²) in [5, 5.41) is 2.71. The van der Waals surface area contributed by atoms with E-state index < -0.39 is 0 Å². The summed E-state index contributed by atoms with van der Waals surface area (Å²) in [6.07, 6.45) is 0. The number of carbonyl (C=O) groups excluding carboxylic acids is 2. The van der Waals surface area contributed by atoms with E-state index in [1.807, 2.05) is 49.3 Å². The largest absolute Gasteiger partial charge is 0.333 e. The zero-order valence-corrected chi connectivity index (χ0v) is 15.0. The van der Waals surface area contributed by atoms with Crippen molar-refractivity contribution in [2.45, 2.75) is 13.5 Å². The molecule has 2 aromatic rings. The summed E-state index contributed by atoms with van der Waals surface area (Å²) in [7, 11) is 3.99. The average molecular weight is 339 g/mol. The molecule has 25 heavy (non-hydrogen) atoms. The lowest BCUT2D eigenvalue weighted by molar-refractivity contribution is -0.114. The van der Waals surface area contributed by atoms with E-state index in [1.165, 1.54) is 6.92 Å². The van der Waals surface area contributed by atoms with Gasteiger partial charge in [0.05, 0.1) is 0 Å². The van der Waals surface area contributed by atoms with Crippen LogP contribution in [0.2, 0.25) is 0 Å². The van der Waals surface area contributed by atoms with E-state index in [1.54, 1.807) is 24.3 Å². The summed E-state index contributed by atoms with van der Waals surface area (Å²) in [5.41, 5.74) is 2.40. The van der Waals surface area contributed by atoms with E-state index in [0.717, 1.165) is 12.1 Å². The maximum Gasteiger partial charge on any atom is 0.254 e. The molecule has 0 aliphatic heterocycles. The van der Waals surface area contributed by atoms with Crippen molar-refractivity contribution in [3.05, 3.63) is 65.7 Å². The molecule has 0 spiro atoms. The summed E-state index contributed by atoms with van der Waals surface area (Å²) in [5.74, 6) is -0.143. The van der Waals surface area contributed by atoms with Crippen molar-refractivity contribution < 1.29 is 9.59 Å². The Kier molecular flexibility index (Phi) is 6.71. The van der Waals surface area contributed by atoms with Gasteiger partial charge in [-0.05, 0) is 43.9 Å². The number of carbonyl (C=O) groups is 2. The Morgan fingerprint density at radius 2 is 1.56 bits per heavy atom. The highest BCUT2D eigenvalue weighted by Crippen LogP contribution is 2.14. The molecule has 0 saturated carbocycles. The number of rotatable bonds is 7. The van der Waals surface area contributed by atoms with E-state index in [-0.39, 0.29) is 11.8 Å². The lowest BCUT2D eigenvalue weighted by Crippen LogP contribution is -2.36. The predicted molar refractivity (Wildman–Crippen MR) is 100 cm³/mol. The van der Waals surface area contributed by atoms with Crippen LogP contribution in [0.3, 0.4) is 0 Å². The van der Waals surface area contributed by atoms with Crippen LogP contribution in [-0.2, 0) is 11.3 Å². The molecule has 0 aromatic heterocycles. The zero-order valence-electron chi connectivity index (χ0n) is 15.0. The molecular weight excluding hydrogens is 314 g/mol. The Labute approximate surface area is 149 Å². The van der Waals surface area contributed by atoms with Gasteiger partial charge in [0.15, 0.2) is 0 Å². The molecular formula is C20H25N3O2. The minimum Gasteiger partial charge on any atom is -0.333 e. The molecule has 5 heteroatoms. The molecule has 1 N–H and O–H groups in total. The van der Waals surface area contributed by atoms with Crippen molar-refractivity contribution in [3.8, 4) is 0 Å². The van der Waals surface area contributed by atoms with Gasteiger partial charge in [-0.3, -0.25) is 9.59 Å². The first kappa shape index (κ1) is 18.7. The molecule has 2 rings (SSSR count). The number of nitrogens with one attached hydrogen (secondary N) is 1. The van der Waals surface area contributed by atoms with Crippen LogP contribution in [0.5, 0.6) is 0 Å². The molecule has 0 radical (unpaired) electrons. The summed E-state index contributed by atoms with van der Waals surface area (Å²) in [6, 6.07) is 17.0. The molecule has 0 heterocycles. The fourth-order valence-corrected chi connectivity index (χ4v) is 2.46. The van der Waals surface area contributed by atoms with Crippen molar-refractivity contribution in [2.75, 3.05) is 32.5 Å². The second-order valence-electron chi connectivity index (χ2n) is 6.27. The molecule has 0 atom stereocenters. The Balaban J connectivity index is 2.14. The molecule has 0 saturated heterocycles. The van der Waals surface area contributed by atoms with E-state index in [4.69, 9.17) is 0 Å². The summed E-state index contributed by atoms with van der Waals surface area (Å²) >= 11 is 0. The molecule has 0 fully saturated rings. The number of hydrogen-bond acceptors (Lipinski definition) is 3. The third-order valence-corrected chi connectivity index (χ3v) is 3.77. The molecule has 5 nitrogen and oxygen atoms in total. The van der Waals surface area contributed by atoms with E-state index >= 15 is 0 Å². The number of anilines is 1. The van der Waals surface area contributed by atoms with Gasteiger partial charge >= 0.3 is 0 Å². The SMILES string of the molecule is CC(=O)Nc1ccc(C(=O)N(CCN(C)C)Cc2ccccc2)cc1. The van der Waals surface area contributed by atoms with E-state index in [0.29, 0.717) is 24.3 Å². The van der Waals surface area contributed by atoms with Crippen LogP contribution in [0.1, 0.15) is 22.8 Å². The van der Waals surface area contributed by atoms with Crippen LogP contribution in [0.4, 0.5) is 5.69 Å². The van der Waals surface area contributed by atoms with Crippen LogP contribution in [0.25, 0.3) is 0 Å². The molecule has 0 aliphatic rings. The van der Waals surface area contributed by atoms with Gasteiger partial charge in [-0.2, -0.15) is 0 Å². The second-order valence-corrected chi connectivity index (χ2v) is 6.27. The fourth-order valence-electron chi connectivity index (χ4n) is 2.46. The van der Waals surface area contributed by atoms with Crippen molar-refractivity contribution in [1.82, 2.24) is 9.80 Å². The summed E-state index contributed by atoms with van der Waals surface area (Å²) in [6.45, 7) is 3.47. The first-order valence-electron chi connectivity index (χ1n) is 8.31. The van der Waals surface area contributed by atoms with Crippen LogP contribution >= 0.6 is 0 Å². The van der Waals surface area contributed by atoms with Gasteiger partial charge in [-0.15, -0.1) is 0 Å². The highest BCUT2D eigenvalue weighted by Gasteiger charge is 2.16. The van der Waals surface area contributed by atoms with Crippen molar-refractivity contribution in [3.63, 3.8) is 0 Å². The Hall–Kier alpha value is -2.66. The minimum atomic E-state index is -0.129. The van der Waals surface area contributed by atoms with Crippen LogP contribution in [-0.4, -0.2) is 48.8 Å². The normalized spacial score (nSPS) is 10.6. The smallest absolute Gasteiger partial charge is 0.254 e. The van der Waals surface area contributed by atoms with Crippen molar-refractivity contribution in [1.29, 1.82) is 0 Å². The second kappa shape index (κ2) is 8.99. The molecule has 2 aromatic carbocycles. The minimum absolute atomic E-state index is 0.0138. The van der Waals surface area contributed by atoms with Crippen molar-refractivity contribution in [2.24, 2.45) is 0 Å². The highest BCUT2D eigenvalue weighted by atomic mass is 16.2. The molecule has 132 valence electrons. The van der Waals surface area contributed by atoms with Crippen molar-refractivity contribution >= 4 is 17.5 Å². The Bertz CT molecular complexity index is 697. The maximum absolute atomic E-state index is 12.9. The topological polar surface area (TPSA) is 52.7 Å². The number of nitrogens with zero attached hydrogens (tertiary/aromatic N) is 2. The van der Waals surface area contributed by atoms with Gasteiger partial charge in [-0.25, -0.2) is 0 Å². The lowest BCUT2D eigenvalue weighted by Gasteiger charge is -2.25. The first-order valence-corrected chi connectivity index (χ1v) is 8.31. The number of likely N-dealkylation sites (N-methyl/N-ethyl adjacent to an activating group) is 1. The molecule has 2 amide bonds. The van der Waals surface area contributed by atoms with E-state index in [9.17, 15) is 9.59 Å². The third-order valence-electron chi connectivity index (χ3n) is 3.77. The van der Waals surface area contributed by atoms with Crippen LogP contribution in [0, 0.1) is 0 Å². The summed E-state index contributed by atoms with van der Waals surface area (Å²) < 4.78 is 0. The number of benzene rings is 2. The fraction of sp³-hybridized carbons (Fsp3) is 0.300. The van der Waals surface area contributed by atoms with E-state index in [2.05, 4.69) is 10.2 Å². The standard InChI is InChI=1S/C20H25N3O2/c1-16(24)21-19-11-9-18(10-12-19)20(25)23(14-13-22(2)3)15-17-7-5-4-6-8-17/h4-12H,13-15H2,1-3H3,(H,21,24). The quantitative estimate of drug-likeness (QED) is 0.844. The van der Waals surface area contributed by atoms with Gasteiger partial charge in [0.2, 0.25) is 5.91 Å². The highest BCUT2D eigenvalue weighted by molar-refractivity contribution is 5.95. The first-order chi connectivity index (χ1) is 12.0. The van der Waals surface area contributed by atoms with Gasteiger partial charge < -0.3 is 15.1 Å². The Morgan fingerprint density at radius 3 is 2.12 bits per heavy atom. The maximum atomic E-state index is 12.9. The lowest BCUT2D eigenvalue weighted by atomic mass is 10.1. The zero-order chi connectivity index (χ0) is 18.2. The third kappa shape index (κ3) is 6.04. The predicted octanol–water partition coefficient (Wildman–Crippen LogP) is 2.85.